The number of methoxy groups -OCH3 is 1. The molecule has 0 bridgehead atoms. The third-order valence-corrected chi connectivity index (χ3v) is 9.04. The predicted molar refractivity (Wildman–Crippen MR) is 153 cm³/mol. The van der Waals surface area contributed by atoms with Crippen LogP contribution in [0.15, 0.2) is 70.6 Å². The Bertz CT molecular complexity index is 1590. The summed E-state index contributed by atoms with van der Waals surface area (Å²) in [7, 11) is -2.29. The number of ether oxygens (including phenoxy) is 3. The van der Waals surface area contributed by atoms with Crippen LogP contribution < -0.4 is 14.2 Å². The number of fused-ring (bicyclic) bond motifs is 3. The van der Waals surface area contributed by atoms with E-state index >= 15 is 0 Å². The van der Waals surface area contributed by atoms with Gasteiger partial charge < -0.3 is 14.2 Å². The first-order chi connectivity index (χ1) is 20.0. The number of hydrogen-bond acceptors (Lipinski definition) is 7. The first kappa shape index (κ1) is 29.7. The lowest BCUT2D eigenvalue weighted by Crippen LogP contribution is -2.36. The summed E-state index contributed by atoms with van der Waals surface area (Å²) in [4.78, 5) is 16.9. The first-order valence-corrected chi connectivity index (χ1v) is 15.1. The van der Waals surface area contributed by atoms with Crippen LogP contribution in [0.2, 0.25) is 0 Å². The summed E-state index contributed by atoms with van der Waals surface area (Å²) in [5.41, 5.74) is 4.66. The van der Waals surface area contributed by atoms with Gasteiger partial charge in [0.1, 0.15) is 6.10 Å². The van der Waals surface area contributed by atoms with Gasteiger partial charge in [0.2, 0.25) is 10.0 Å². The monoisotopic (exact) mass is 598 g/mol. The molecule has 11 heteroatoms. The van der Waals surface area contributed by atoms with Crippen molar-refractivity contribution in [3.63, 3.8) is 0 Å². The van der Waals surface area contributed by atoms with Crippen molar-refractivity contribution in [2.24, 2.45) is 4.99 Å². The van der Waals surface area contributed by atoms with Crippen LogP contribution in [0.1, 0.15) is 59.9 Å². The third kappa shape index (κ3) is 6.47. The van der Waals surface area contributed by atoms with Crippen LogP contribution >= 0.6 is 0 Å². The minimum Gasteiger partial charge on any atom is -0.493 e. The largest absolute Gasteiger partial charge is 0.493 e. The summed E-state index contributed by atoms with van der Waals surface area (Å²) < 4.78 is 70.2. The normalized spacial score (nSPS) is 19.9. The minimum atomic E-state index is -3.68. The maximum Gasteiger partial charge on any atom is 0.387 e. The van der Waals surface area contributed by atoms with Gasteiger partial charge in [-0.1, -0.05) is 42.0 Å². The van der Waals surface area contributed by atoms with E-state index in [4.69, 9.17) is 19.2 Å². The number of halogens is 2. The van der Waals surface area contributed by atoms with E-state index in [0.29, 0.717) is 30.5 Å². The molecule has 2 aliphatic rings. The lowest BCUT2D eigenvalue weighted by molar-refractivity contribution is -0.148. The second-order valence-electron chi connectivity index (χ2n) is 10.5. The number of rotatable bonds is 9. The number of hydrogen-bond donors (Lipinski definition) is 1. The molecule has 3 atom stereocenters. The van der Waals surface area contributed by atoms with Crippen molar-refractivity contribution in [2.75, 3.05) is 7.11 Å². The molecule has 0 spiro atoms. The van der Waals surface area contributed by atoms with Gasteiger partial charge in [-0.25, -0.2) is 13.1 Å². The quantitative estimate of drug-likeness (QED) is 0.326. The van der Waals surface area contributed by atoms with Crippen LogP contribution in [0, 0.1) is 6.92 Å². The van der Waals surface area contributed by atoms with E-state index in [9.17, 15) is 22.0 Å². The molecule has 1 N–H and O–H groups in total. The van der Waals surface area contributed by atoms with Gasteiger partial charge in [-0.2, -0.15) is 8.78 Å². The standard InChI is InChI=1S/C31H32F2N2O6S/c1-18-4-11-23(12-5-18)42(37,38)34-17-20-6-8-21(9-7-20)30-26-16-28(39-3)29(41-31(32)33)15-24(26)25-14-22(40-19(2)36)10-13-27(25)35-30/h4-9,11-12,15-16,22,25,27,31,34H,10,13-14,17H2,1-3H3. The number of aliphatic imine (C=N–C) groups is 1. The second-order valence-corrected chi connectivity index (χ2v) is 12.3. The summed E-state index contributed by atoms with van der Waals surface area (Å²) in [6.45, 7) is 0.332. The number of sulfonamides is 1. The summed E-state index contributed by atoms with van der Waals surface area (Å²) in [6, 6.07) is 17.1. The van der Waals surface area contributed by atoms with Crippen LogP contribution in [0.4, 0.5) is 8.78 Å². The number of esters is 1. The highest BCUT2D eigenvalue weighted by Gasteiger charge is 2.39. The van der Waals surface area contributed by atoms with Crippen molar-refractivity contribution < 1.29 is 36.2 Å². The highest BCUT2D eigenvalue weighted by atomic mass is 32.2. The fraction of sp³-hybridized carbons (Fsp3) is 0.355. The van der Waals surface area contributed by atoms with Gasteiger partial charge in [-0.3, -0.25) is 9.79 Å². The van der Waals surface area contributed by atoms with Crippen molar-refractivity contribution in [3.05, 3.63) is 88.5 Å². The Morgan fingerprint density at radius 1 is 1.05 bits per heavy atom. The lowest BCUT2D eigenvalue weighted by Gasteiger charge is -2.38. The average Bonchev–Trinajstić information content (AvgIpc) is 2.95. The van der Waals surface area contributed by atoms with E-state index in [2.05, 4.69) is 4.72 Å². The molecule has 3 aromatic carbocycles. The Kier molecular flexibility index (Phi) is 8.60. The Hall–Kier alpha value is -3.83. The fourth-order valence-corrected chi connectivity index (χ4v) is 6.62. The van der Waals surface area contributed by atoms with E-state index in [1.807, 2.05) is 31.2 Å². The number of benzene rings is 3. The van der Waals surface area contributed by atoms with Gasteiger partial charge in [0.05, 0.1) is 23.8 Å². The highest BCUT2D eigenvalue weighted by molar-refractivity contribution is 7.89. The molecule has 0 amide bonds. The van der Waals surface area contributed by atoms with Gasteiger partial charge in [-0.05, 0) is 61.6 Å². The zero-order valence-corrected chi connectivity index (χ0v) is 24.3. The molecular weight excluding hydrogens is 566 g/mol. The first-order valence-electron chi connectivity index (χ1n) is 13.6. The molecule has 1 heterocycles. The van der Waals surface area contributed by atoms with Crippen LogP contribution in [-0.2, 0) is 26.1 Å². The number of aryl methyl sites for hydroxylation is 1. The molecule has 0 aromatic heterocycles. The van der Waals surface area contributed by atoms with Gasteiger partial charge in [0, 0.05) is 30.5 Å². The van der Waals surface area contributed by atoms with Gasteiger partial charge in [0.15, 0.2) is 11.5 Å². The van der Waals surface area contributed by atoms with E-state index in [1.165, 1.54) is 14.0 Å². The third-order valence-electron chi connectivity index (χ3n) is 7.62. The summed E-state index contributed by atoms with van der Waals surface area (Å²) in [5.74, 6) is -0.452. The molecule has 3 unspecified atom stereocenters. The van der Waals surface area contributed by atoms with Crippen molar-refractivity contribution >= 4 is 21.7 Å². The molecule has 1 fully saturated rings. The molecule has 222 valence electrons. The van der Waals surface area contributed by atoms with Crippen molar-refractivity contribution in [1.29, 1.82) is 0 Å². The van der Waals surface area contributed by atoms with E-state index < -0.39 is 16.6 Å². The topological polar surface area (TPSA) is 103 Å². The molecular formula is C31H32F2N2O6S. The zero-order valence-electron chi connectivity index (χ0n) is 23.5. The Balaban J connectivity index is 1.44. The maximum atomic E-state index is 13.2. The SMILES string of the molecule is COc1cc2c(cc1OC(F)F)C1CC(OC(C)=O)CCC1N=C2c1ccc(CNS(=O)(=O)c2ccc(C)cc2)cc1. The van der Waals surface area contributed by atoms with E-state index in [1.54, 1.807) is 36.4 Å². The van der Waals surface area contributed by atoms with Crippen LogP contribution in [0.5, 0.6) is 11.5 Å². The van der Waals surface area contributed by atoms with E-state index in [0.717, 1.165) is 22.3 Å². The van der Waals surface area contributed by atoms with Crippen LogP contribution in [-0.4, -0.2) is 46.0 Å². The molecule has 8 nitrogen and oxygen atoms in total. The minimum absolute atomic E-state index is 0.0722. The second kappa shape index (κ2) is 12.2. The smallest absolute Gasteiger partial charge is 0.387 e. The molecule has 1 aliphatic heterocycles. The molecule has 3 aromatic rings. The number of carbonyl (C=O) groups excluding carboxylic acids is 1. The van der Waals surface area contributed by atoms with Crippen LogP contribution in [0.25, 0.3) is 0 Å². The lowest BCUT2D eigenvalue weighted by atomic mass is 9.74. The average molecular weight is 599 g/mol. The van der Waals surface area contributed by atoms with Gasteiger partial charge >= 0.3 is 12.6 Å². The zero-order chi connectivity index (χ0) is 30.0. The van der Waals surface area contributed by atoms with Gasteiger partial charge in [-0.15, -0.1) is 0 Å². The molecule has 1 aliphatic carbocycles. The number of carbonyl (C=O) groups is 1. The Labute approximate surface area is 243 Å². The summed E-state index contributed by atoms with van der Waals surface area (Å²) >= 11 is 0. The summed E-state index contributed by atoms with van der Waals surface area (Å²) in [5, 5.41) is 0. The predicted octanol–water partition coefficient (Wildman–Crippen LogP) is 5.50. The molecule has 0 radical (unpaired) electrons. The molecule has 1 saturated carbocycles. The van der Waals surface area contributed by atoms with Crippen molar-refractivity contribution in [1.82, 2.24) is 4.72 Å². The Morgan fingerprint density at radius 3 is 2.40 bits per heavy atom. The Morgan fingerprint density at radius 2 is 1.76 bits per heavy atom. The summed E-state index contributed by atoms with van der Waals surface area (Å²) in [6.07, 6.45) is 1.51. The van der Waals surface area contributed by atoms with Gasteiger partial charge in [0.25, 0.3) is 0 Å². The number of nitrogens with zero attached hydrogens (tertiary/aromatic N) is 1. The fourth-order valence-electron chi connectivity index (χ4n) is 5.61. The number of nitrogens with one attached hydrogen (secondary N) is 1. The number of alkyl halides is 2. The van der Waals surface area contributed by atoms with Crippen molar-refractivity contribution in [3.8, 4) is 11.5 Å². The molecule has 0 saturated heterocycles. The van der Waals surface area contributed by atoms with Crippen LogP contribution in [0.3, 0.4) is 0 Å². The maximum absolute atomic E-state index is 13.2. The highest BCUT2D eigenvalue weighted by Crippen LogP contribution is 2.45. The molecule has 5 rings (SSSR count). The van der Waals surface area contributed by atoms with E-state index in [-0.39, 0.29) is 47.0 Å². The van der Waals surface area contributed by atoms with Crippen molar-refractivity contribution in [2.45, 2.75) is 69.2 Å². The molecule has 42 heavy (non-hydrogen) atoms.